The predicted octanol–water partition coefficient (Wildman–Crippen LogP) is 4.64. The zero-order chi connectivity index (χ0) is 15.4. The van der Waals surface area contributed by atoms with Crippen molar-refractivity contribution in [3.63, 3.8) is 0 Å². The fraction of sp³-hybridized carbons (Fsp3) is 0.286. The largest absolute Gasteiger partial charge is 0.384 e. The summed E-state index contributed by atoms with van der Waals surface area (Å²) in [6.07, 6.45) is 0. The first-order valence-corrected chi connectivity index (χ1v) is 7.49. The van der Waals surface area contributed by atoms with Gasteiger partial charge in [0, 0.05) is 8.95 Å². The minimum atomic E-state index is -0.418. The molecule has 2 N–H and O–H groups in total. The topological polar surface area (TPSA) is 51.8 Å². The van der Waals surface area contributed by atoms with Crippen LogP contribution < -0.4 is 5.73 Å². The van der Waals surface area contributed by atoms with Crippen LogP contribution in [0.25, 0.3) is 0 Å². The van der Waals surface area contributed by atoms with Crippen molar-refractivity contribution in [3.8, 4) is 0 Å². The molecule has 0 atom stereocenters. The third kappa shape index (κ3) is 4.52. The lowest BCUT2D eigenvalue weighted by Crippen LogP contribution is -1.94. The summed E-state index contributed by atoms with van der Waals surface area (Å²) in [7, 11) is 0. The molecule has 6 heteroatoms. The molecule has 0 unspecified atom stereocenters. The van der Waals surface area contributed by atoms with Crippen molar-refractivity contribution < 1.29 is 4.39 Å². The molecule has 0 saturated heterocycles. The summed E-state index contributed by atoms with van der Waals surface area (Å²) in [5, 5.41) is 0. The van der Waals surface area contributed by atoms with Crippen molar-refractivity contribution in [2.45, 2.75) is 27.7 Å². The first-order valence-electron chi connectivity index (χ1n) is 5.90. The second-order valence-corrected chi connectivity index (χ2v) is 6.01. The molecule has 20 heavy (non-hydrogen) atoms. The molecule has 0 bridgehead atoms. The number of anilines is 1. The Hall–Kier alpha value is -1.01. The highest BCUT2D eigenvalue weighted by molar-refractivity contribution is 9.10. The SMILES string of the molecule is Cc1cc(F)nc(C)c1Br.Cc1cc(N)nc(C)c1Br. The van der Waals surface area contributed by atoms with Gasteiger partial charge in [-0.3, -0.25) is 0 Å². The number of nitrogens with zero attached hydrogens (tertiary/aromatic N) is 2. The molecule has 108 valence electrons. The van der Waals surface area contributed by atoms with Crippen LogP contribution in [0.5, 0.6) is 0 Å². The fourth-order valence-electron chi connectivity index (χ4n) is 1.61. The Kier molecular flexibility index (Phi) is 6.07. The maximum absolute atomic E-state index is 12.5. The van der Waals surface area contributed by atoms with Gasteiger partial charge in [0.05, 0.1) is 11.4 Å². The standard InChI is InChI=1S/C7H7BrFN.C7H9BrN2/c2*1-4-3-6(9)10-5(2)7(4)8/h3H,1-2H3;3H,1-2H3,(H2,9,10). The van der Waals surface area contributed by atoms with E-state index >= 15 is 0 Å². The lowest BCUT2D eigenvalue weighted by Gasteiger charge is -2.01. The second-order valence-electron chi connectivity index (χ2n) is 4.42. The molecule has 0 radical (unpaired) electrons. The molecule has 2 aromatic rings. The number of rotatable bonds is 0. The molecule has 2 aromatic heterocycles. The molecule has 2 heterocycles. The predicted molar refractivity (Wildman–Crippen MR) is 87.2 cm³/mol. The molecular formula is C14H16Br2FN3. The number of nitrogen functional groups attached to an aromatic ring is 1. The van der Waals surface area contributed by atoms with Gasteiger partial charge in [0.15, 0.2) is 0 Å². The zero-order valence-electron chi connectivity index (χ0n) is 11.8. The van der Waals surface area contributed by atoms with E-state index < -0.39 is 5.95 Å². The highest BCUT2D eigenvalue weighted by Gasteiger charge is 2.01. The second kappa shape index (κ2) is 7.13. The molecule has 0 fully saturated rings. The van der Waals surface area contributed by atoms with Crippen LogP contribution in [-0.2, 0) is 0 Å². The molecule has 0 aliphatic heterocycles. The van der Waals surface area contributed by atoms with Crippen molar-refractivity contribution in [3.05, 3.63) is 49.5 Å². The molecule has 0 saturated carbocycles. The van der Waals surface area contributed by atoms with Crippen LogP contribution >= 0.6 is 31.9 Å². The van der Waals surface area contributed by atoms with Gasteiger partial charge in [0.25, 0.3) is 0 Å². The Balaban J connectivity index is 0.000000200. The number of aromatic nitrogens is 2. The number of halogens is 3. The number of hydrogen-bond acceptors (Lipinski definition) is 3. The Morgan fingerprint density at radius 1 is 0.900 bits per heavy atom. The first kappa shape index (κ1) is 17.0. The fourth-order valence-corrected chi connectivity index (χ4v) is 2.02. The minimum Gasteiger partial charge on any atom is -0.384 e. The molecule has 0 aliphatic carbocycles. The van der Waals surface area contributed by atoms with Crippen LogP contribution in [0.2, 0.25) is 0 Å². The molecule has 0 aromatic carbocycles. The third-order valence-corrected chi connectivity index (χ3v) is 5.00. The number of hydrogen-bond donors (Lipinski definition) is 1. The van der Waals surface area contributed by atoms with Gasteiger partial charge in [-0.05, 0) is 82.8 Å². The van der Waals surface area contributed by atoms with Crippen molar-refractivity contribution in [1.29, 1.82) is 0 Å². The van der Waals surface area contributed by atoms with Gasteiger partial charge in [-0.15, -0.1) is 0 Å². The highest BCUT2D eigenvalue weighted by atomic mass is 79.9. The minimum absolute atomic E-state index is 0.418. The summed E-state index contributed by atoms with van der Waals surface area (Å²) < 4.78 is 14.4. The van der Waals surface area contributed by atoms with E-state index in [2.05, 4.69) is 41.8 Å². The quantitative estimate of drug-likeness (QED) is 0.650. The molecule has 2 rings (SSSR count). The molecule has 0 spiro atoms. The number of aryl methyl sites for hydroxylation is 4. The number of pyridine rings is 2. The summed E-state index contributed by atoms with van der Waals surface area (Å²) in [6, 6.07) is 3.24. The first-order chi connectivity index (χ1) is 9.22. The lowest BCUT2D eigenvalue weighted by molar-refractivity contribution is 0.578. The maximum Gasteiger partial charge on any atom is 0.213 e. The van der Waals surface area contributed by atoms with Crippen LogP contribution in [0.4, 0.5) is 10.2 Å². The molecule has 0 aliphatic rings. The van der Waals surface area contributed by atoms with E-state index in [9.17, 15) is 4.39 Å². The van der Waals surface area contributed by atoms with Crippen molar-refractivity contribution in [2.24, 2.45) is 0 Å². The van der Waals surface area contributed by atoms with Crippen LogP contribution in [0.15, 0.2) is 21.1 Å². The van der Waals surface area contributed by atoms with Gasteiger partial charge in [-0.2, -0.15) is 4.39 Å². The van der Waals surface area contributed by atoms with Crippen LogP contribution in [0.1, 0.15) is 22.5 Å². The van der Waals surface area contributed by atoms with Gasteiger partial charge >= 0.3 is 0 Å². The Morgan fingerprint density at radius 3 is 1.80 bits per heavy atom. The van der Waals surface area contributed by atoms with Crippen molar-refractivity contribution >= 4 is 37.7 Å². The highest BCUT2D eigenvalue weighted by Crippen LogP contribution is 2.20. The lowest BCUT2D eigenvalue weighted by atomic mass is 10.2. The smallest absolute Gasteiger partial charge is 0.213 e. The average molecular weight is 405 g/mol. The van der Waals surface area contributed by atoms with E-state index in [1.54, 1.807) is 6.92 Å². The van der Waals surface area contributed by atoms with Gasteiger partial charge in [-0.25, -0.2) is 9.97 Å². The van der Waals surface area contributed by atoms with Crippen molar-refractivity contribution in [2.75, 3.05) is 5.73 Å². The van der Waals surface area contributed by atoms with Crippen LogP contribution in [0.3, 0.4) is 0 Å². The molecular weight excluding hydrogens is 389 g/mol. The Morgan fingerprint density at radius 2 is 1.35 bits per heavy atom. The van der Waals surface area contributed by atoms with Crippen molar-refractivity contribution in [1.82, 2.24) is 9.97 Å². The summed E-state index contributed by atoms with van der Waals surface area (Å²) in [6.45, 7) is 7.52. The van der Waals surface area contributed by atoms with Gasteiger partial charge in [-0.1, -0.05) is 0 Å². The van der Waals surface area contributed by atoms with E-state index in [0.29, 0.717) is 11.5 Å². The summed E-state index contributed by atoms with van der Waals surface area (Å²) >= 11 is 6.68. The Bertz CT molecular complexity index is 528. The average Bonchev–Trinajstić information content (AvgIpc) is 2.33. The van der Waals surface area contributed by atoms with E-state index in [0.717, 1.165) is 25.8 Å². The zero-order valence-corrected chi connectivity index (χ0v) is 14.9. The number of nitrogens with two attached hydrogens (primary N) is 1. The maximum atomic E-state index is 12.5. The van der Waals surface area contributed by atoms with E-state index in [1.807, 2.05) is 26.8 Å². The monoisotopic (exact) mass is 403 g/mol. The summed E-state index contributed by atoms with van der Waals surface area (Å²) in [5.74, 6) is 0.163. The van der Waals surface area contributed by atoms with Gasteiger partial charge < -0.3 is 5.73 Å². The van der Waals surface area contributed by atoms with Gasteiger partial charge in [0.2, 0.25) is 5.95 Å². The Labute approximate surface area is 135 Å². The van der Waals surface area contributed by atoms with Gasteiger partial charge in [0.1, 0.15) is 5.82 Å². The molecule has 3 nitrogen and oxygen atoms in total. The van der Waals surface area contributed by atoms with E-state index in [1.165, 1.54) is 6.07 Å². The summed E-state index contributed by atoms with van der Waals surface area (Å²) in [5.41, 5.74) is 9.14. The third-order valence-electron chi connectivity index (χ3n) is 2.60. The van der Waals surface area contributed by atoms with Crippen LogP contribution in [-0.4, -0.2) is 9.97 Å². The van der Waals surface area contributed by atoms with E-state index in [-0.39, 0.29) is 0 Å². The van der Waals surface area contributed by atoms with Crippen LogP contribution in [0, 0.1) is 33.6 Å². The summed E-state index contributed by atoms with van der Waals surface area (Å²) in [4.78, 5) is 7.69. The van der Waals surface area contributed by atoms with E-state index in [4.69, 9.17) is 5.73 Å². The molecule has 0 amide bonds. The normalized spacial score (nSPS) is 9.95.